The number of aromatic nitrogens is 1. The molecule has 1 rings (SSSR count). The Balaban J connectivity index is 2.41. The van der Waals surface area contributed by atoms with Gasteiger partial charge in [-0.25, -0.2) is 9.78 Å². The number of nitrogens with zero attached hydrogens (tertiary/aromatic N) is 1. The van der Waals surface area contributed by atoms with E-state index in [9.17, 15) is 14.4 Å². The number of thiazole rings is 1. The number of rotatable bonds is 5. The lowest BCUT2D eigenvalue weighted by Crippen LogP contribution is -2.41. The molecule has 1 heterocycles. The predicted octanol–water partition coefficient (Wildman–Crippen LogP) is 1.28. The minimum Gasteiger partial charge on any atom is -0.481 e. The summed E-state index contributed by atoms with van der Waals surface area (Å²) in [5.41, 5.74) is 1.29. The van der Waals surface area contributed by atoms with Crippen molar-refractivity contribution in [3.05, 3.63) is 16.1 Å². The van der Waals surface area contributed by atoms with Crippen LogP contribution in [0.25, 0.3) is 0 Å². The number of aliphatic carboxylic acids is 1. The number of carbonyl (C=O) groups excluding carboxylic acids is 2. The molecule has 0 aromatic carbocycles. The highest BCUT2D eigenvalue weighted by Crippen LogP contribution is 2.19. The molecule has 20 heavy (non-hydrogen) atoms. The van der Waals surface area contributed by atoms with E-state index in [1.165, 1.54) is 25.2 Å². The molecule has 0 aliphatic rings. The Morgan fingerprint density at radius 3 is 2.55 bits per heavy atom. The number of carboxylic acid groups (broad SMARTS) is 1. The van der Waals surface area contributed by atoms with E-state index in [4.69, 9.17) is 5.11 Å². The van der Waals surface area contributed by atoms with Crippen molar-refractivity contribution in [1.82, 2.24) is 15.6 Å². The first-order valence-corrected chi connectivity index (χ1v) is 6.80. The second kappa shape index (κ2) is 6.47. The van der Waals surface area contributed by atoms with Gasteiger partial charge < -0.3 is 10.4 Å². The van der Waals surface area contributed by atoms with Crippen molar-refractivity contribution in [3.63, 3.8) is 0 Å². The maximum Gasteiger partial charge on any atom is 0.321 e. The Morgan fingerprint density at radius 2 is 2.05 bits per heavy atom. The third-order valence-electron chi connectivity index (χ3n) is 2.69. The lowest BCUT2D eigenvalue weighted by atomic mass is 9.89. The molecule has 0 saturated heterocycles. The first kappa shape index (κ1) is 16.1. The number of hydrogen-bond acceptors (Lipinski definition) is 5. The first-order valence-electron chi connectivity index (χ1n) is 5.92. The molecule has 110 valence electrons. The van der Waals surface area contributed by atoms with Gasteiger partial charge in [0, 0.05) is 11.3 Å². The number of urea groups is 1. The summed E-state index contributed by atoms with van der Waals surface area (Å²) < 4.78 is 0. The second-order valence-electron chi connectivity index (χ2n) is 4.96. The molecule has 0 atom stereocenters. The number of hydrogen-bond donors (Lipinski definition) is 3. The molecule has 3 amide bonds. The lowest BCUT2D eigenvalue weighted by molar-refractivity contribution is -0.149. The minimum atomic E-state index is -1.21. The zero-order valence-corrected chi connectivity index (χ0v) is 12.3. The fourth-order valence-electron chi connectivity index (χ4n) is 1.35. The third kappa shape index (κ3) is 4.61. The molecule has 0 aliphatic carbocycles. The van der Waals surface area contributed by atoms with Gasteiger partial charge in [-0.05, 0) is 20.8 Å². The fourth-order valence-corrected chi connectivity index (χ4v) is 2.07. The molecule has 0 bridgehead atoms. The molecule has 0 aliphatic heterocycles. The van der Waals surface area contributed by atoms with Gasteiger partial charge in [-0.3, -0.25) is 14.9 Å². The van der Waals surface area contributed by atoms with E-state index in [0.717, 1.165) is 10.6 Å². The van der Waals surface area contributed by atoms with Crippen molar-refractivity contribution in [2.45, 2.75) is 33.7 Å². The quantitative estimate of drug-likeness (QED) is 0.759. The lowest BCUT2D eigenvalue weighted by Gasteiger charge is -2.17. The topological polar surface area (TPSA) is 108 Å². The van der Waals surface area contributed by atoms with Crippen LogP contribution in [0.4, 0.5) is 4.79 Å². The summed E-state index contributed by atoms with van der Waals surface area (Å²) in [5, 5.41) is 13.5. The van der Waals surface area contributed by atoms with E-state index in [1.54, 1.807) is 5.51 Å². The third-order valence-corrected chi connectivity index (χ3v) is 3.62. The van der Waals surface area contributed by atoms with Crippen LogP contribution in [-0.4, -0.2) is 28.0 Å². The maximum absolute atomic E-state index is 11.6. The molecule has 0 radical (unpaired) electrons. The number of aryl methyl sites for hydroxylation is 1. The minimum absolute atomic E-state index is 0.269. The summed E-state index contributed by atoms with van der Waals surface area (Å²) in [6, 6.07) is -0.649. The molecule has 0 fully saturated rings. The van der Waals surface area contributed by atoms with Gasteiger partial charge in [-0.15, -0.1) is 11.3 Å². The van der Waals surface area contributed by atoms with E-state index in [0.29, 0.717) is 0 Å². The average Bonchev–Trinajstić information content (AvgIpc) is 2.71. The molecule has 0 spiro atoms. The number of carbonyl (C=O) groups is 3. The number of nitrogens with one attached hydrogen (secondary N) is 2. The summed E-state index contributed by atoms with van der Waals surface area (Å²) in [5.74, 6) is -1.72. The van der Waals surface area contributed by atoms with Gasteiger partial charge in [0.15, 0.2) is 0 Å². The average molecular weight is 299 g/mol. The van der Waals surface area contributed by atoms with E-state index >= 15 is 0 Å². The van der Waals surface area contributed by atoms with Crippen LogP contribution in [-0.2, 0) is 16.1 Å². The Hall–Kier alpha value is -1.96. The monoisotopic (exact) mass is 299 g/mol. The summed E-state index contributed by atoms with van der Waals surface area (Å²) in [4.78, 5) is 38.9. The summed E-state index contributed by atoms with van der Waals surface area (Å²) in [6.07, 6.45) is -0.269. The molecular formula is C12H17N3O4S. The van der Waals surface area contributed by atoms with E-state index in [-0.39, 0.29) is 13.0 Å². The van der Waals surface area contributed by atoms with Gasteiger partial charge in [0.05, 0.1) is 23.2 Å². The van der Waals surface area contributed by atoms with Crippen LogP contribution in [0, 0.1) is 12.3 Å². The van der Waals surface area contributed by atoms with Crippen molar-refractivity contribution in [3.8, 4) is 0 Å². The molecule has 1 aromatic heterocycles. The van der Waals surface area contributed by atoms with Crippen LogP contribution in [0.15, 0.2) is 5.51 Å². The summed E-state index contributed by atoms with van der Waals surface area (Å²) in [6.45, 7) is 4.95. The molecule has 7 nitrogen and oxygen atoms in total. The SMILES string of the molecule is Cc1ncsc1CNC(=O)NC(=O)CC(C)(C)C(=O)O. The number of carboxylic acids is 1. The smallest absolute Gasteiger partial charge is 0.321 e. The number of imide groups is 1. The molecule has 0 unspecified atom stereocenters. The van der Waals surface area contributed by atoms with Gasteiger partial charge in [-0.2, -0.15) is 0 Å². The highest BCUT2D eigenvalue weighted by atomic mass is 32.1. The normalized spacial score (nSPS) is 10.9. The Bertz CT molecular complexity index is 525. The fraction of sp³-hybridized carbons (Fsp3) is 0.500. The van der Waals surface area contributed by atoms with Gasteiger partial charge in [0.1, 0.15) is 0 Å². The van der Waals surface area contributed by atoms with Crippen molar-refractivity contribution >= 4 is 29.2 Å². The molecular weight excluding hydrogens is 282 g/mol. The predicted molar refractivity (Wildman–Crippen MR) is 73.3 cm³/mol. The zero-order chi connectivity index (χ0) is 15.3. The van der Waals surface area contributed by atoms with Crippen LogP contribution < -0.4 is 10.6 Å². The van der Waals surface area contributed by atoms with Gasteiger partial charge in [-0.1, -0.05) is 0 Å². The highest BCUT2D eigenvalue weighted by Gasteiger charge is 2.30. The first-order chi connectivity index (χ1) is 9.22. The second-order valence-corrected chi connectivity index (χ2v) is 5.90. The largest absolute Gasteiger partial charge is 0.481 e. The van der Waals surface area contributed by atoms with Crippen LogP contribution >= 0.6 is 11.3 Å². The van der Waals surface area contributed by atoms with E-state index in [1.807, 2.05) is 6.92 Å². The van der Waals surface area contributed by atoms with Crippen molar-refractivity contribution < 1.29 is 19.5 Å². The van der Waals surface area contributed by atoms with Crippen LogP contribution in [0.5, 0.6) is 0 Å². The van der Waals surface area contributed by atoms with Gasteiger partial charge in [0.2, 0.25) is 5.91 Å². The standard InChI is InChI=1S/C12H17N3O4S/c1-7-8(20-6-14-7)5-13-11(19)15-9(16)4-12(2,3)10(17)18/h6H,4-5H2,1-3H3,(H,17,18)(H2,13,15,16,19). The molecule has 0 saturated carbocycles. The van der Waals surface area contributed by atoms with E-state index < -0.39 is 23.3 Å². The summed E-state index contributed by atoms with van der Waals surface area (Å²) >= 11 is 1.41. The van der Waals surface area contributed by atoms with Gasteiger partial charge >= 0.3 is 12.0 Å². The van der Waals surface area contributed by atoms with Crippen LogP contribution in [0.3, 0.4) is 0 Å². The Morgan fingerprint density at radius 1 is 1.40 bits per heavy atom. The molecule has 8 heteroatoms. The zero-order valence-electron chi connectivity index (χ0n) is 11.5. The van der Waals surface area contributed by atoms with Crippen LogP contribution in [0.2, 0.25) is 0 Å². The number of amides is 3. The van der Waals surface area contributed by atoms with E-state index in [2.05, 4.69) is 15.6 Å². The van der Waals surface area contributed by atoms with Crippen molar-refractivity contribution in [2.24, 2.45) is 5.41 Å². The van der Waals surface area contributed by atoms with Crippen molar-refractivity contribution in [1.29, 1.82) is 0 Å². The summed E-state index contributed by atoms with van der Waals surface area (Å²) in [7, 11) is 0. The van der Waals surface area contributed by atoms with Gasteiger partial charge in [0.25, 0.3) is 0 Å². The highest BCUT2D eigenvalue weighted by molar-refractivity contribution is 7.09. The molecule has 1 aromatic rings. The Labute approximate surface area is 120 Å². The maximum atomic E-state index is 11.6. The van der Waals surface area contributed by atoms with Crippen molar-refractivity contribution in [2.75, 3.05) is 0 Å². The Kier molecular flexibility index (Phi) is 5.20. The molecule has 3 N–H and O–H groups in total. The van der Waals surface area contributed by atoms with Crippen LogP contribution in [0.1, 0.15) is 30.8 Å².